The van der Waals surface area contributed by atoms with Crippen molar-refractivity contribution in [3.63, 3.8) is 0 Å². The summed E-state index contributed by atoms with van der Waals surface area (Å²) in [5.74, 6) is 6.24. The molecule has 0 spiro atoms. The fourth-order valence-corrected chi connectivity index (χ4v) is 2.38. The number of carbonyl (C=O) groups excluding carboxylic acids is 1. The van der Waals surface area contributed by atoms with Crippen LogP contribution in [-0.2, 0) is 9.53 Å². The molecule has 4 nitrogen and oxygen atoms in total. The maximum atomic E-state index is 12.4. The van der Waals surface area contributed by atoms with Gasteiger partial charge in [0.05, 0.1) is 0 Å². The normalized spacial score (nSPS) is 11.3. The van der Waals surface area contributed by atoms with Crippen LogP contribution in [0.3, 0.4) is 0 Å². The summed E-state index contributed by atoms with van der Waals surface area (Å²) in [6.07, 6.45) is 0. The van der Waals surface area contributed by atoms with Crippen LogP contribution in [-0.4, -0.2) is 25.2 Å². The number of anilines is 1. The summed E-state index contributed by atoms with van der Waals surface area (Å²) in [7, 11) is 0. The average molecular weight is 365 g/mol. The van der Waals surface area contributed by atoms with Crippen molar-refractivity contribution >= 4 is 11.7 Å². The lowest BCUT2D eigenvalue weighted by molar-refractivity contribution is -0.144. The van der Waals surface area contributed by atoms with Gasteiger partial charge in [0, 0.05) is 5.69 Å². The van der Waals surface area contributed by atoms with Gasteiger partial charge in [0.2, 0.25) is 0 Å². The molecule has 0 amide bonds. The monoisotopic (exact) mass is 365 g/mol. The highest BCUT2D eigenvalue weighted by molar-refractivity contribution is 5.79. The van der Waals surface area contributed by atoms with E-state index in [9.17, 15) is 4.79 Å². The molecule has 2 aromatic carbocycles. The maximum absolute atomic E-state index is 12.4. The van der Waals surface area contributed by atoms with E-state index in [2.05, 4.69) is 17.2 Å². The Hall–Kier alpha value is -2.93. The Bertz CT molecular complexity index is 783. The minimum Gasteiger partial charge on any atom is -0.481 e. The summed E-state index contributed by atoms with van der Waals surface area (Å²) >= 11 is 0. The molecule has 1 atom stereocenters. The van der Waals surface area contributed by atoms with Gasteiger partial charge in [-0.3, -0.25) is 0 Å². The van der Waals surface area contributed by atoms with Crippen LogP contribution in [0, 0.1) is 31.6 Å². The Morgan fingerprint density at radius 3 is 2.07 bits per heavy atom. The van der Waals surface area contributed by atoms with Crippen molar-refractivity contribution < 1.29 is 14.3 Å². The van der Waals surface area contributed by atoms with Crippen molar-refractivity contribution in [2.75, 3.05) is 18.5 Å². The minimum absolute atomic E-state index is 0.0505. The summed E-state index contributed by atoms with van der Waals surface area (Å²) < 4.78 is 10.8. The number of aryl methyl sites for hydroxylation is 2. The first-order valence-corrected chi connectivity index (χ1v) is 9.10. The molecule has 0 heterocycles. The van der Waals surface area contributed by atoms with Gasteiger partial charge in [-0.05, 0) is 44.0 Å². The van der Waals surface area contributed by atoms with E-state index in [1.807, 2.05) is 76.2 Å². The molecule has 0 aliphatic carbocycles. The second kappa shape index (κ2) is 10.3. The van der Waals surface area contributed by atoms with Crippen molar-refractivity contribution in [1.82, 2.24) is 0 Å². The predicted molar refractivity (Wildman–Crippen MR) is 109 cm³/mol. The van der Waals surface area contributed by atoms with Gasteiger partial charge >= 0.3 is 5.97 Å². The molecule has 2 aromatic rings. The third-order valence-corrected chi connectivity index (χ3v) is 4.04. The smallest absolute Gasteiger partial charge is 0.329 e. The lowest BCUT2D eigenvalue weighted by atomic mass is 10.0. The van der Waals surface area contributed by atoms with Crippen LogP contribution in [0.4, 0.5) is 5.69 Å². The molecular weight excluding hydrogens is 338 g/mol. The summed E-state index contributed by atoms with van der Waals surface area (Å²) in [4.78, 5) is 12.4. The van der Waals surface area contributed by atoms with Crippen LogP contribution < -0.4 is 10.1 Å². The number of ether oxygens (including phenoxy) is 2. The van der Waals surface area contributed by atoms with Gasteiger partial charge in [0.15, 0.2) is 6.61 Å². The lowest BCUT2D eigenvalue weighted by Gasteiger charge is -2.21. The fraction of sp³-hybridized carbons (Fsp3) is 0.348. The molecular formula is C23H27NO3. The first-order chi connectivity index (χ1) is 13.0. The van der Waals surface area contributed by atoms with Crippen molar-refractivity contribution in [2.45, 2.75) is 33.7 Å². The Labute approximate surface area is 161 Å². The van der Waals surface area contributed by atoms with Gasteiger partial charge in [-0.2, -0.15) is 0 Å². The van der Waals surface area contributed by atoms with E-state index in [1.165, 1.54) is 11.1 Å². The first kappa shape index (κ1) is 20.4. The van der Waals surface area contributed by atoms with Gasteiger partial charge in [-0.15, -0.1) is 0 Å². The van der Waals surface area contributed by atoms with Crippen LogP contribution in [0.5, 0.6) is 5.75 Å². The van der Waals surface area contributed by atoms with Gasteiger partial charge < -0.3 is 14.8 Å². The first-order valence-electron chi connectivity index (χ1n) is 9.10. The van der Waals surface area contributed by atoms with Crippen molar-refractivity contribution in [3.05, 3.63) is 59.7 Å². The molecule has 0 unspecified atom stereocenters. The van der Waals surface area contributed by atoms with Crippen LogP contribution >= 0.6 is 0 Å². The van der Waals surface area contributed by atoms with Crippen LogP contribution in [0.1, 0.15) is 25.0 Å². The zero-order chi connectivity index (χ0) is 19.6. The van der Waals surface area contributed by atoms with Gasteiger partial charge in [0.25, 0.3) is 0 Å². The standard InChI is InChI=1S/C23H27NO3/c1-17(2)22(24-20-11-7-18(3)8-12-20)23(25)27-16-6-5-15-26-21-13-9-19(4)10-14-21/h7-14,17,22,24H,15-16H2,1-4H3/t22-/m0/s1. The molecule has 0 aliphatic rings. The van der Waals surface area contributed by atoms with E-state index in [4.69, 9.17) is 9.47 Å². The van der Waals surface area contributed by atoms with Crippen LogP contribution in [0.25, 0.3) is 0 Å². The highest BCUT2D eigenvalue weighted by Crippen LogP contribution is 2.15. The van der Waals surface area contributed by atoms with Crippen molar-refractivity contribution in [3.8, 4) is 17.6 Å². The van der Waals surface area contributed by atoms with Gasteiger partial charge in [-0.1, -0.05) is 61.1 Å². The Morgan fingerprint density at radius 1 is 0.926 bits per heavy atom. The van der Waals surface area contributed by atoms with E-state index in [0.29, 0.717) is 0 Å². The second-order valence-electron chi connectivity index (χ2n) is 6.80. The van der Waals surface area contributed by atoms with Gasteiger partial charge in [-0.25, -0.2) is 4.79 Å². The quantitative estimate of drug-likeness (QED) is 0.585. The summed E-state index contributed by atoms with van der Waals surface area (Å²) in [6.45, 7) is 8.32. The molecule has 0 aliphatic heterocycles. The molecule has 0 radical (unpaired) electrons. The minimum atomic E-state index is -0.418. The Morgan fingerprint density at radius 2 is 1.48 bits per heavy atom. The largest absolute Gasteiger partial charge is 0.481 e. The number of carbonyl (C=O) groups is 1. The molecule has 0 saturated heterocycles. The third-order valence-electron chi connectivity index (χ3n) is 4.04. The maximum Gasteiger partial charge on any atom is 0.329 e. The molecule has 142 valence electrons. The lowest BCUT2D eigenvalue weighted by Crippen LogP contribution is -2.36. The van der Waals surface area contributed by atoms with E-state index >= 15 is 0 Å². The molecule has 4 heteroatoms. The number of rotatable bonds is 7. The number of nitrogens with one attached hydrogen (secondary N) is 1. The molecule has 0 aromatic heterocycles. The second-order valence-corrected chi connectivity index (χ2v) is 6.80. The third kappa shape index (κ3) is 7.07. The fourth-order valence-electron chi connectivity index (χ4n) is 2.38. The number of hydrogen-bond acceptors (Lipinski definition) is 4. The SMILES string of the molecule is Cc1ccc(N[C@H](C(=O)OCC#CCOc2ccc(C)cc2)C(C)C)cc1. The Kier molecular flexibility index (Phi) is 7.76. The molecule has 27 heavy (non-hydrogen) atoms. The molecule has 0 saturated carbocycles. The van der Waals surface area contributed by atoms with E-state index < -0.39 is 6.04 Å². The summed E-state index contributed by atoms with van der Waals surface area (Å²) in [5, 5.41) is 3.24. The number of esters is 1. The number of hydrogen-bond donors (Lipinski definition) is 1. The number of benzene rings is 2. The van der Waals surface area contributed by atoms with Crippen molar-refractivity contribution in [1.29, 1.82) is 0 Å². The highest BCUT2D eigenvalue weighted by atomic mass is 16.5. The summed E-state index contributed by atoms with van der Waals surface area (Å²) in [5.41, 5.74) is 3.25. The average Bonchev–Trinajstić information content (AvgIpc) is 2.65. The van der Waals surface area contributed by atoms with E-state index in [-0.39, 0.29) is 25.1 Å². The predicted octanol–water partition coefficient (Wildman–Crippen LogP) is 4.37. The zero-order valence-corrected chi connectivity index (χ0v) is 16.4. The highest BCUT2D eigenvalue weighted by Gasteiger charge is 2.23. The Balaban J connectivity index is 1.78. The van der Waals surface area contributed by atoms with Gasteiger partial charge in [0.1, 0.15) is 18.4 Å². The topological polar surface area (TPSA) is 47.6 Å². The van der Waals surface area contributed by atoms with E-state index in [0.717, 1.165) is 11.4 Å². The molecule has 0 bridgehead atoms. The summed E-state index contributed by atoms with van der Waals surface area (Å²) in [6, 6.07) is 15.3. The van der Waals surface area contributed by atoms with Crippen LogP contribution in [0.15, 0.2) is 48.5 Å². The zero-order valence-electron chi connectivity index (χ0n) is 16.4. The molecule has 2 rings (SSSR count). The van der Waals surface area contributed by atoms with Crippen molar-refractivity contribution in [2.24, 2.45) is 5.92 Å². The molecule has 1 N–H and O–H groups in total. The molecule has 0 fully saturated rings. The van der Waals surface area contributed by atoms with Crippen LogP contribution in [0.2, 0.25) is 0 Å². The van der Waals surface area contributed by atoms with E-state index in [1.54, 1.807) is 0 Å².